The fraction of sp³-hybridized carbons (Fsp3) is 0. The number of benzene rings is 1. The van der Waals surface area contributed by atoms with Crippen molar-refractivity contribution >= 4 is 50.7 Å². The van der Waals surface area contributed by atoms with E-state index in [1.165, 1.54) is 41.6 Å². The van der Waals surface area contributed by atoms with Crippen molar-refractivity contribution in [1.29, 1.82) is 0 Å². The summed E-state index contributed by atoms with van der Waals surface area (Å²) >= 11 is 8.79. The molecule has 20 heavy (non-hydrogen) atoms. The van der Waals surface area contributed by atoms with E-state index in [1.807, 2.05) is 0 Å². The van der Waals surface area contributed by atoms with Gasteiger partial charge >= 0.3 is 0 Å². The number of hydrogen-bond donors (Lipinski definition) is 0. The summed E-state index contributed by atoms with van der Waals surface area (Å²) in [4.78, 5) is 24.2. The molecule has 0 saturated heterocycles. The lowest BCUT2D eigenvalue weighted by Crippen LogP contribution is -1.89. The summed E-state index contributed by atoms with van der Waals surface area (Å²) in [6.07, 6.45) is 1.46. The molecular weight excluding hydrogens is 320 g/mol. The van der Waals surface area contributed by atoms with Crippen molar-refractivity contribution in [1.82, 2.24) is 15.0 Å². The maximum absolute atomic E-state index is 10.7. The average Bonchev–Trinajstić information content (AvgIpc) is 2.90. The molecule has 0 aliphatic rings. The fourth-order valence-electron chi connectivity index (χ4n) is 1.54. The highest BCUT2D eigenvalue weighted by atomic mass is 35.5. The van der Waals surface area contributed by atoms with Crippen molar-refractivity contribution in [2.75, 3.05) is 0 Å². The SMILES string of the molecule is O=[N+]([O-])c1ccc(Sc2ncnc3scnc23)c(Cl)c1. The molecule has 0 unspecified atom stereocenters. The third-order valence-corrected chi connectivity index (χ3v) is 4.66. The third kappa shape index (κ3) is 2.45. The average molecular weight is 325 g/mol. The smallest absolute Gasteiger partial charge is 0.258 e. The normalized spacial score (nSPS) is 10.8. The van der Waals surface area contributed by atoms with E-state index in [1.54, 1.807) is 11.6 Å². The number of nitro groups is 1. The van der Waals surface area contributed by atoms with Gasteiger partial charge in [0.2, 0.25) is 0 Å². The lowest BCUT2D eigenvalue weighted by Gasteiger charge is -2.03. The molecule has 0 atom stereocenters. The van der Waals surface area contributed by atoms with Gasteiger partial charge in [-0.1, -0.05) is 23.4 Å². The highest BCUT2D eigenvalue weighted by molar-refractivity contribution is 7.99. The molecule has 0 saturated carbocycles. The summed E-state index contributed by atoms with van der Waals surface area (Å²) in [5.41, 5.74) is 2.36. The summed E-state index contributed by atoms with van der Waals surface area (Å²) in [7, 11) is 0. The lowest BCUT2D eigenvalue weighted by atomic mass is 10.3. The molecule has 0 fully saturated rings. The van der Waals surface area contributed by atoms with Crippen molar-refractivity contribution in [2.24, 2.45) is 0 Å². The van der Waals surface area contributed by atoms with Crippen LogP contribution < -0.4 is 0 Å². The van der Waals surface area contributed by atoms with Crippen LogP contribution >= 0.6 is 34.7 Å². The van der Waals surface area contributed by atoms with E-state index < -0.39 is 4.92 Å². The van der Waals surface area contributed by atoms with E-state index >= 15 is 0 Å². The molecule has 3 aromatic rings. The minimum Gasteiger partial charge on any atom is -0.258 e. The number of nitro benzene ring substituents is 1. The second kappa shape index (κ2) is 5.31. The molecule has 0 radical (unpaired) electrons. The monoisotopic (exact) mass is 324 g/mol. The largest absolute Gasteiger partial charge is 0.270 e. The Bertz CT molecular complexity index is 808. The summed E-state index contributed by atoms with van der Waals surface area (Å²) in [5, 5.41) is 11.7. The van der Waals surface area contributed by atoms with Crippen molar-refractivity contribution in [3.05, 3.63) is 45.2 Å². The van der Waals surface area contributed by atoms with Gasteiger partial charge in [0, 0.05) is 17.0 Å². The molecule has 2 heterocycles. The van der Waals surface area contributed by atoms with E-state index in [0.29, 0.717) is 20.5 Å². The molecule has 0 spiro atoms. The topological polar surface area (TPSA) is 81.8 Å². The highest BCUT2D eigenvalue weighted by Gasteiger charge is 2.13. The van der Waals surface area contributed by atoms with Crippen LogP contribution in [0.2, 0.25) is 5.02 Å². The summed E-state index contributed by atoms with van der Waals surface area (Å²) in [6.45, 7) is 0. The molecule has 100 valence electrons. The second-order valence-electron chi connectivity index (χ2n) is 3.66. The Morgan fingerprint density at radius 2 is 2.15 bits per heavy atom. The first kappa shape index (κ1) is 13.2. The summed E-state index contributed by atoms with van der Waals surface area (Å²) in [5.74, 6) is 0. The Hall–Kier alpha value is -1.77. The predicted molar refractivity (Wildman–Crippen MR) is 77.4 cm³/mol. The van der Waals surface area contributed by atoms with Crippen molar-refractivity contribution in [3.63, 3.8) is 0 Å². The Kier molecular flexibility index (Phi) is 3.51. The van der Waals surface area contributed by atoms with Gasteiger partial charge < -0.3 is 0 Å². The van der Waals surface area contributed by atoms with Gasteiger partial charge in [0.1, 0.15) is 21.7 Å². The van der Waals surface area contributed by atoms with Gasteiger partial charge in [-0.3, -0.25) is 10.1 Å². The van der Waals surface area contributed by atoms with E-state index in [4.69, 9.17) is 11.6 Å². The Labute approximate surface area is 126 Å². The van der Waals surface area contributed by atoms with Crippen LogP contribution in [0.1, 0.15) is 0 Å². The maximum atomic E-state index is 10.7. The molecule has 2 aromatic heterocycles. The van der Waals surface area contributed by atoms with Gasteiger partial charge in [0.15, 0.2) is 0 Å². The van der Waals surface area contributed by atoms with Gasteiger partial charge in [-0.15, -0.1) is 11.3 Å². The fourth-order valence-corrected chi connectivity index (χ4v) is 3.37. The van der Waals surface area contributed by atoms with Crippen LogP contribution in [-0.2, 0) is 0 Å². The van der Waals surface area contributed by atoms with Gasteiger partial charge in [0.05, 0.1) is 15.5 Å². The van der Waals surface area contributed by atoms with E-state index in [-0.39, 0.29) is 5.69 Å². The number of halogens is 1. The standard InChI is InChI=1S/C11H5ClN4O2S2/c12-7-3-6(16(17)18)1-2-8(7)20-11-9-10(13-4-14-11)19-5-15-9/h1-5H. The quantitative estimate of drug-likeness (QED) is 0.414. The van der Waals surface area contributed by atoms with Crippen LogP contribution in [0, 0.1) is 10.1 Å². The molecule has 0 N–H and O–H groups in total. The zero-order valence-electron chi connectivity index (χ0n) is 9.69. The van der Waals surface area contributed by atoms with Crippen LogP contribution in [-0.4, -0.2) is 19.9 Å². The molecule has 1 aromatic carbocycles. The van der Waals surface area contributed by atoms with E-state index in [0.717, 1.165) is 4.83 Å². The number of thiazole rings is 1. The molecule has 0 aliphatic heterocycles. The Morgan fingerprint density at radius 1 is 1.30 bits per heavy atom. The number of rotatable bonds is 3. The van der Waals surface area contributed by atoms with E-state index in [2.05, 4.69) is 15.0 Å². The van der Waals surface area contributed by atoms with Crippen molar-refractivity contribution < 1.29 is 4.92 Å². The van der Waals surface area contributed by atoms with Crippen LogP contribution in [0.25, 0.3) is 10.3 Å². The van der Waals surface area contributed by atoms with Crippen molar-refractivity contribution in [3.8, 4) is 0 Å². The summed E-state index contributed by atoms with van der Waals surface area (Å²) < 4.78 is 0. The number of non-ortho nitro benzene ring substituents is 1. The third-order valence-electron chi connectivity index (χ3n) is 2.43. The van der Waals surface area contributed by atoms with E-state index in [9.17, 15) is 10.1 Å². The zero-order chi connectivity index (χ0) is 14.1. The Morgan fingerprint density at radius 3 is 2.90 bits per heavy atom. The molecule has 6 nitrogen and oxygen atoms in total. The number of fused-ring (bicyclic) bond motifs is 1. The number of aromatic nitrogens is 3. The molecule has 9 heteroatoms. The summed E-state index contributed by atoms with van der Waals surface area (Å²) in [6, 6.07) is 4.34. The maximum Gasteiger partial charge on any atom is 0.270 e. The molecule has 0 amide bonds. The van der Waals surface area contributed by atoms with Crippen LogP contribution in [0.4, 0.5) is 5.69 Å². The van der Waals surface area contributed by atoms with Gasteiger partial charge in [0.25, 0.3) is 5.69 Å². The lowest BCUT2D eigenvalue weighted by molar-refractivity contribution is -0.384. The van der Waals surface area contributed by atoms with Crippen LogP contribution in [0.3, 0.4) is 0 Å². The molecule has 0 aliphatic carbocycles. The molecular formula is C11H5ClN4O2S2. The number of nitrogens with zero attached hydrogens (tertiary/aromatic N) is 4. The predicted octanol–water partition coefficient (Wildman–Crippen LogP) is 3.80. The minimum absolute atomic E-state index is 0.0409. The number of hydrogen-bond acceptors (Lipinski definition) is 7. The van der Waals surface area contributed by atoms with Gasteiger partial charge in [-0.25, -0.2) is 15.0 Å². The Balaban J connectivity index is 1.99. The first-order chi connectivity index (χ1) is 9.65. The molecule has 0 bridgehead atoms. The molecule has 3 rings (SSSR count). The van der Waals surface area contributed by atoms with Crippen LogP contribution in [0.5, 0.6) is 0 Å². The van der Waals surface area contributed by atoms with Gasteiger partial charge in [-0.05, 0) is 6.07 Å². The second-order valence-corrected chi connectivity index (χ2v) is 5.93. The van der Waals surface area contributed by atoms with Crippen LogP contribution in [0.15, 0.2) is 40.0 Å². The first-order valence-corrected chi connectivity index (χ1v) is 7.38. The first-order valence-electron chi connectivity index (χ1n) is 5.31. The minimum atomic E-state index is -0.482. The zero-order valence-corrected chi connectivity index (χ0v) is 12.1. The van der Waals surface area contributed by atoms with Gasteiger partial charge in [-0.2, -0.15) is 0 Å². The highest BCUT2D eigenvalue weighted by Crippen LogP contribution is 2.36. The van der Waals surface area contributed by atoms with Crippen molar-refractivity contribution in [2.45, 2.75) is 9.92 Å².